The number of aliphatic imine (C=N–C) groups is 1. The lowest BCUT2D eigenvalue weighted by Gasteiger charge is -2.22. The second kappa shape index (κ2) is 23.8. The Morgan fingerprint density at radius 1 is 0.667 bits per heavy atom. The number of rotatable bonds is 21. The van der Waals surface area contributed by atoms with Gasteiger partial charge in [-0.2, -0.15) is 0 Å². The molecule has 5 heterocycles. The molecule has 418 valence electrons. The number of para-hydroxylation sites is 2. The smallest absolute Gasteiger partial charge is 0.261 e. The van der Waals surface area contributed by atoms with E-state index in [1.165, 1.54) is 40.2 Å². The van der Waals surface area contributed by atoms with Gasteiger partial charge in [0.1, 0.15) is 25.3 Å². The quantitative estimate of drug-likeness (QED) is 0.0438. The van der Waals surface area contributed by atoms with Crippen molar-refractivity contribution in [2.75, 3.05) is 54.3 Å². The lowest BCUT2D eigenvalue weighted by Crippen LogP contribution is -2.50. The van der Waals surface area contributed by atoms with Gasteiger partial charge < -0.3 is 50.4 Å². The number of hydrogen-bond donors (Lipinski definition) is 5. The van der Waals surface area contributed by atoms with Gasteiger partial charge >= 0.3 is 0 Å². The van der Waals surface area contributed by atoms with Crippen molar-refractivity contribution in [2.24, 2.45) is 4.99 Å². The molecular formula is C60H61N9O12. The van der Waals surface area contributed by atoms with Crippen molar-refractivity contribution in [2.45, 2.75) is 89.8 Å². The molecule has 5 aromatic carbocycles. The SMILES string of the molecule is COc1cc2c(cc1OCc1cc(COc3cc4c(cc3OC)C(=O)N3c5ccccc5CC3CN4)cc(NC(=O)C(C)NC(=O)C(C)NC(=O)CCCCC(=O)NCCN3C(=O)C=CC3=O)c1)N=CC1Cc3ccccc3N1C2=O. The van der Waals surface area contributed by atoms with Crippen LogP contribution in [0, 0.1) is 0 Å². The van der Waals surface area contributed by atoms with Gasteiger partial charge in [-0.05, 0) is 97.8 Å². The van der Waals surface area contributed by atoms with Crippen LogP contribution in [0.1, 0.15) is 82.5 Å². The first-order chi connectivity index (χ1) is 39.2. The second-order valence-corrected chi connectivity index (χ2v) is 20.3. The third-order valence-electron chi connectivity index (χ3n) is 14.7. The van der Waals surface area contributed by atoms with Gasteiger partial charge in [-0.3, -0.25) is 53.1 Å². The summed E-state index contributed by atoms with van der Waals surface area (Å²) in [6, 6.07) is 25.3. The van der Waals surface area contributed by atoms with Gasteiger partial charge in [0.05, 0.1) is 48.8 Å². The maximum absolute atomic E-state index is 14.1. The third kappa shape index (κ3) is 11.9. The molecule has 0 fully saturated rings. The Bertz CT molecular complexity index is 3410. The molecule has 8 amide bonds. The third-order valence-corrected chi connectivity index (χ3v) is 14.7. The molecule has 21 heteroatoms. The van der Waals surface area contributed by atoms with E-state index in [1.54, 1.807) is 47.5 Å². The minimum absolute atomic E-state index is 0.0261. The summed E-state index contributed by atoms with van der Waals surface area (Å²) < 4.78 is 24.4. The number of carbonyl (C=O) groups excluding carboxylic acids is 8. The van der Waals surface area contributed by atoms with Crippen LogP contribution in [0.2, 0.25) is 0 Å². The van der Waals surface area contributed by atoms with Crippen molar-refractivity contribution in [1.29, 1.82) is 0 Å². The van der Waals surface area contributed by atoms with E-state index in [4.69, 9.17) is 23.9 Å². The first kappa shape index (κ1) is 54.8. The predicted molar refractivity (Wildman–Crippen MR) is 300 cm³/mol. The molecule has 4 unspecified atom stereocenters. The van der Waals surface area contributed by atoms with Crippen LogP contribution in [0.3, 0.4) is 0 Å². The topological polar surface area (TPSA) is 256 Å². The Balaban J connectivity index is 0.804. The molecule has 0 bridgehead atoms. The molecule has 5 aliphatic heterocycles. The summed E-state index contributed by atoms with van der Waals surface area (Å²) in [7, 11) is 2.98. The van der Waals surface area contributed by atoms with Gasteiger partial charge in [0.2, 0.25) is 23.6 Å². The van der Waals surface area contributed by atoms with Crippen LogP contribution in [0.5, 0.6) is 23.0 Å². The van der Waals surface area contributed by atoms with E-state index in [2.05, 4.69) is 26.6 Å². The maximum Gasteiger partial charge on any atom is 0.261 e. The molecule has 81 heavy (non-hydrogen) atoms. The molecule has 0 saturated heterocycles. The number of benzene rings is 5. The number of carbonyl (C=O) groups is 8. The van der Waals surface area contributed by atoms with E-state index in [0.717, 1.165) is 33.8 Å². The number of anilines is 4. The molecule has 5 N–H and O–H groups in total. The molecule has 0 aromatic heterocycles. The van der Waals surface area contributed by atoms with E-state index in [0.29, 0.717) is 88.1 Å². The fraction of sp³-hybridized carbons (Fsp3) is 0.317. The number of hydrogen-bond acceptors (Lipinski definition) is 14. The van der Waals surface area contributed by atoms with Crippen LogP contribution in [0.15, 0.2) is 108 Å². The Kier molecular flexibility index (Phi) is 16.1. The zero-order valence-electron chi connectivity index (χ0n) is 45.2. The Morgan fingerprint density at radius 2 is 1.26 bits per heavy atom. The van der Waals surface area contributed by atoms with E-state index >= 15 is 0 Å². The Labute approximate surface area is 467 Å². The summed E-state index contributed by atoms with van der Waals surface area (Å²) >= 11 is 0. The maximum atomic E-state index is 14.1. The van der Waals surface area contributed by atoms with E-state index in [-0.39, 0.29) is 69.0 Å². The van der Waals surface area contributed by atoms with Crippen LogP contribution in [0.4, 0.5) is 28.4 Å². The minimum atomic E-state index is -1.06. The van der Waals surface area contributed by atoms with Crippen molar-refractivity contribution in [3.8, 4) is 23.0 Å². The van der Waals surface area contributed by atoms with Crippen molar-refractivity contribution in [3.05, 3.63) is 137 Å². The lowest BCUT2D eigenvalue weighted by molar-refractivity contribution is -0.137. The molecule has 5 aliphatic rings. The van der Waals surface area contributed by atoms with Crippen LogP contribution < -0.4 is 55.3 Å². The summed E-state index contributed by atoms with van der Waals surface area (Å²) in [5, 5.41) is 14.3. The molecular weight excluding hydrogens is 1040 g/mol. The average Bonchev–Trinajstić information content (AvgIpc) is 4.22. The minimum Gasteiger partial charge on any atom is -0.493 e. The highest BCUT2D eigenvalue weighted by atomic mass is 16.5. The normalized spacial score (nSPS) is 17.0. The molecule has 0 aliphatic carbocycles. The zero-order chi connectivity index (χ0) is 56.9. The van der Waals surface area contributed by atoms with Crippen molar-refractivity contribution in [1.82, 2.24) is 20.9 Å². The van der Waals surface area contributed by atoms with Gasteiger partial charge in [0, 0.05) is 86.5 Å². The predicted octanol–water partition coefficient (Wildman–Crippen LogP) is 5.70. The number of unbranched alkanes of at least 4 members (excludes halogenated alkanes) is 1. The molecule has 4 atom stereocenters. The van der Waals surface area contributed by atoms with Crippen LogP contribution in [-0.4, -0.2) is 116 Å². The average molecular weight is 1100 g/mol. The highest BCUT2D eigenvalue weighted by Crippen LogP contribution is 2.43. The fourth-order valence-corrected chi connectivity index (χ4v) is 10.6. The van der Waals surface area contributed by atoms with Gasteiger partial charge in [-0.15, -0.1) is 0 Å². The second-order valence-electron chi connectivity index (χ2n) is 20.3. The first-order valence-electron chi connectivity index (χ1n) is 26.8. The largest absolute Gasteiger partial charge is 0.493 e. The van der Waals surface area contributed by atoms with Crippen LogP contribution in [-0.2, 0) is 54.8 Å². The molecule has 5 aromatic rings. The van der Waals surface area contributed by atoms with Gasteiger partial charge in [0.15, 0.2) is 23.0 Å². The van der Waals surface area contributed by atoms with Crippen LogP contribution in [0.25, 0.3) is 0 Å². The molecule has 10 rings (SSSR count). The van der Waals surface area contributed by atoms with Crippen LogP contribution >= 0.6 is 0 Å². The van der Waals surface area contributed by atoms with Crippen molar-refractivity contribution >= 4 is 81.9 Å². The number of amides is 8. The molecule has 21 nitrogen and oxygen atoms in total. The summed E-state index contributed by atoms with van der Waals surface area (Å²) in [6.45, 7) is 3.61. The summed E-state index contributed by atoms with van der Waals surface area (Å²) in [5.41, 5.74) is 7.24. The standard InChI is InChI=1S/C60H61N9O12/c1-34(64-54(71)16-10-9-15-53(70)61-19-20-67-55(72)17-18-56(67)73)57(74)65-35(2)58(75)66-40-22-36(32-80-51-28-45-43(26-49(51)78-3)59(76)68-41(30-62-45)24-38-11-5-7-13-47(38)68)21-37(23-40)33-81-52-29-46-44(27-50(52)79-4)60(77)69-42(31-63-46)25-39-12-6-8-14-48(39)69/h5-8,11-14,17-18,21-23,26-30,34-35,41-42,63H,9-10,15-16,19-20,24-25,31-33H2,1-4H3,(H,61,70)(H,64,71)(H,65,74)(H,66,75). The summed E-state index contributed by atoms with van der Waals surface area (Å²) in [5.74, 6) is -1.78. The first-order valence-corrected chi connectivity index (χ1v) is 26.8. The van der Waals surface area contributed by atoms with Gasteiger partial charge in [-0.1, -0.05) is 36.4 Å². The van der Waals surface area contributed by atoms with Gasteiger partial charge in [-0.25, -0.2) is 0 Å². The number of imide groups is 1. The number of nitrogens with zero attached hydrogens (tertiary/aromatic N) is 4. The zero-order valence-corrected chi connectivity index (χ0v) is 45.2. The molecule has 0 spiro atoms. The van der Waals surface area contributed by atoms with E-state index in [9.17, 15) is 38.4 Å². The Hall–Kier alpha value is -9.53. The van der Waals surface area contributed by atoms with Crippen molar-refractivity contribution < 1.29 is 57.3 Å². The highest BCUT2D eigenvalue weighted by Gasteiger charge is 2.39. The monoisotopic (exact) mass is 1100 g/mol. The molecule has 0 saturated carbocycles. The van der Waals surface area contributed by atoms with E-state index < -0.39 is 41.6 Å². The van der Waals surface area contributed by atoms with Crippen molar-refractivity contribution in [3.63, 3.8) is 0 Å². The lowest BCUT2D eigenvalue weighted by atomic mass is 10.1. The molecule has 0 radical (unpaired) electrons. The fourth-order valence-electron chi connectivity index (χ4n) is 10.6. The number of nitrogens with one attached hydrogen (secondary N) is 5. The number of fused-ring (bicyclic) bond motifs is 8. The van der Waals surface area contributed by atoms with Gasteiger partial charge in [0.25, 0.3) is 23.6 Å². The highest BCUT2D eigenvalue weighted by molar-refractivity contribution is 6.15. The summed E-state index contributed by atoms with van der Waals surface area (Å²) in [6.07, 6.45) is 6.38. The summed E-state index contributed by atoms with van der Waals surface area (Å²) in [4.78, 5) is 113. The van der Waals surface area contributed by atoms with E-state index in [1.807, 2.05) is 59.5 Å². The number of ether oxygens (including phenoxy) is 4. The Morgan fingerprint density at radius 3 is 1.94 bits per heavy atom. The number of methoxy groups -OCH3 is 2.